The molecule has 29 heavy (non-hydrogen) atoms. The van der Waals surface area contributed by atoms with Crippen molar-refractivity contribution in [2.45, 2.75) is 12.8 Å². The third kappa shape index (κ3) is 3.22. The van der Waals surface area contributed by atoms with E-state index in [9.17, 15) is 19.2 Å². The van der Waals surface area contributed by atoms with Gasteiger partial charge in [-0.25, -0.2) is 4.79 Å². The predicted octanol–water partition coefficient (Wildman–Crippen LogP) is 2.19. The van der Waals surface area contributed by atoms with Gasteiger partial charge in [-0.3, -0.25) is 14.4 Å². The van der Waals surface area contributed by atoms with E-state index in [-0.39, 0.29) is 36.4 Å². The standard InChI is InChI=1S/C21H18N2O6/c1-28-17-9-5-4-8-16(17)22-12-13(10-11-18(22)24)21(27)29-23-19(25)14-6-2-3-7-15(14)20(23)26/h2-9,13H,10-12H2,1H3. The van der Waals surface area contributed by atoms with Crippen LogP contribution in [-0.4, -0.2) is 42.4 Å². The summed E-state index contributed by atoms with van der Waals surface area (Å²) < 4.78 is 5.31. The summed E-state index contributed by atoms with van der Waals surface area (Å²) >= 11 is 0. The normalized spacial score (nSPS) is 18.7. The molecule has 0 radical (unpaired) electrons. The summed E-state index contributed by atoms with van der Waals surface area (Å²) in [7, 11) is 1.50. The molecule has 2 heterocycles. The van der Waals surface area contributed by atoms with Gasteiger partial charge in [-0.1, -0.05) is 29.3 Å². The lowest BCUT2D eigenvalue weighted by molar-refractivity contribution is -0.174. The minimum absolute atomic E-state index is 0.0706. The molecule has 4 rings (SSSR count). The number of ether oxygens (including phenoxy) is 1. The number of nitrogens with zero attached hydrogens (tertiary/aromatic N) is 2. The average molecular weight is 394 g/mol. The van der Waals surface area contributed by atoms with Gasteiger partial charge in [-0.2, -0.15) is 0 Å². The van der Waals surface area contributed by atoms with Gasteiger partial charge < -0.3 is 14.5 Å². The van der Waals surface area contributed by atoms with Gasteiger partial charge >= 0.3 is 5.97 Å². The van der Waals surface area contributed by atoms with E-state index in [4.69, 9.17) is 9.57 Å². The van der Waals surface area contributed by atoms with Gasteiger partial charge in [0.2, 0.25) is 5.91 Å². The number of amides is 3. The second-order valence-electron chi connectivity index (χ2n) is 6.77. The Bertz CT molecular complexity index is 983. The fourth-order valence-corrected chi connectivity index (χ4v) is 3.54. The molecular weight excluding hydrogens is 376 g/mol. The SMILES string of the molecule is COc1ccccc1N1CC(C(=O)ON2C(=O)c3ccccc3C2=O)CCC1=O. The molecule has 1 unspecified atom stereocenters. The largest absolute Gasteiger partial charge is 0.495 e. The van der Waals surface area contributed by atoms with Crippen LogP contribution < -0.4 is 9.64 Å². The van der Waals surface area contributed by atoms with Crippen LogP contribution in [0.5, 0.6) is 5.75 Å². The van der Waals surface area contributed by atoms with Crippen LogP contribution in [-0.2, 0) is 14.4 Å². The third-order valence-electron chi connectivity index (χ3n) is 5.06. The van der Waals surface area contributed by atoms with Crippen molar-refractivity contribution in [1.29, 1.82) is 0 Å². The number of imide groups is 1. The summed E-state index contributed by atoms with van der Waals surface area (Å²) in [4.78, 5) is 56.5. The van der Waals surface area contributed by atoms with Gasteiger partial charge in [-0.05, 0) is 30.7 Å². The summed E-state index contributed by atoms with van der Waals surface area (Å²) in [5.41, 5.74) is 0.942. The summed E-state index contributed by atoms with van der Waals surface area (Å²) in [6.07, 6.45) is 0.409. The van der Waals surface area contributed by atoms with E-state index in [1.54, 1.807) is 36.4 Å². The molecule has 0 aliphatic carbocycles. The molecule has 2 aliphatic heterocycles. The van der Waals surface area contributed by atoms with Crippen LogP contribution in [0, 0.1) is 5.92 Å². The summed E-state index contributed by atoms with van der Waals surface area (Å²) in [5.74, 6) is -2.39. The van der Waals surface area contributed by atoms with Gasteiger partial charge in [0.25, 0.3) is 11.8 Å². The number of piperidine rings is 1. The van der Waals surface area contributed by atoms with Crippen molar-refractivity contribution in [3.05, 3.63) is 59.7 Å². The number of rotatable bonds is 4. The lowest BCUT2D eigenvalue weighted by Crippen LogP contribution is -2.45. The highest BCUT2D eigenvalue weighted by Crippen LogP contribution is 2.33. The number of anilines is 1. The first-order chi connectivity index (χ1) is 14.0. The molecule has 2 aromatic carbocycles. The van der Waals surface area contributed by atoms with Crippen molar-refractivity contribution in [3.8, 4) is 5.75 Å². The first-order valence-electron chi connectivity index (χ1n) is 9.14. The molecule has 0 bridgehead atoms. The molecular formula is C21H18N2O6. The van der Waals surface area contributed by atoms with Gasteiger partial charge in [0.15, 0.2) is 0 Å². The quantitative estimate of drug-likeness (QED) is 0.738. The molecule has 2 aliphatic rings. The Labute approximate surface area is 166 Å². The number of hydrogen-bond donors (Lipinski definition) is 0. The zero-order valence-electron chi connectivity index (χ0n) is 15.7. The third-order valence-corrected chi connectivity index (χ3v) is 5.06. The minimum atomic E-state index is -0.730. The van der Waals surface area contributed by atoms with E-state index in [1.807, 2.05) is 0 Å². The van der Waals surface area contributed by atoms with Crippen molar-refractivity contribution in [2.24, 2.45) is 5.92 Å². The molecule has 8 nitrogen and oxygen atoms in total. The molecule has 3 amide bonds. The van der Waals surface area contributed by atoms with E-state index in [1.165, 1.54) is 24.1 Å². The van der Waals surface area contributed by atoms with E-state index < -0.39 is 23.7 Å². The highest BCUT2D eigenvalue weighted by Gasteiger charge is 2.41. The highest BCUT2D eigenvalue weighted by molar-refractivity contribution is 6.20. The molecule has 8 heteroatoms. The monoisotopic (exact) mass is 394 g/mol. The Morgan fingerprint density at radius 1 is 0.966 bits per heavy atom. The second-order valence-corrected chi connectivity index (χ2v) is 6.77. The first kappa shape index (κ1) is 18.7. The number of methoxy groups -OCH3 is 1. The maximum atomic E-state index is 12.7. The predicted molar refractivity (Wildman–Crippen MR) is 101 cm³/mol. The maximum absolute atomic E-state index is 12.7. The van der Waals surface area contributed by atoms with Crippen LogP contribution in [0.1, 0.15) is 33.6 Å². The molecule has 1 saturated heterocycles. The summed E-state index contributed by atoms with van der Waals surface area (Å²) in [6, 6.07) is 13.3. The van der Waals surface area contributed by atoms with Crippen LogP contribution in [0.3, 0.4) is 0 Å². The van der Waals surface area contributed by atoms with Crippen molar-refractivity contribution < 1.29 is 28.8 Å². The second kappa shape index (κ2) is 7.38. The number of hydrogen-bond acceptors (Lipinski definition) is 6. The number of fused-ring (bicyclic) bond motifs is 1. The number of carbonyl (C=O) groups is 4. The molecule has 1 atom stereocenters. The van der Waals surface area contributed by atoms with Crippen LogP contribution in [0.2, 0.25) is 0 Å². The number of hydroxylamine groups is 2. The van der Waals surface area contributed by atoms with Crippen LogP contribution in [0.15, 0.2) is 48.5 Å². The molecule has 0 saturated carbocycles. The molecule has 1 fully saturated rings. The van der Waals surface area contributed by atoms with Crippen LogP contribution in [0.4, 0.5) is 5.69 Å². The Hall–Kier alpha value is -3.68. The number of benzene rings is 2. The fraction of sp³-hybridized carbons (Fsp3) is 0.238. The smallest absolute Gasteiger partial charge is 0.338 e. The first-order valence-corrected chi connectivity index (χ1v) is 9.14. The zero-order chi connectivity index (χ0) is 20.5. The van der Waals surface area contributed by atoms with Crippen molar-refractivity contribution in [1.82, 2.24) is 5.06 Å². The van der Waals surface area contributed by atoms with Gasteiger partial charge in [0.05, 0.1) is 29.8 Å². The maximum Gasteiger partial charge on any atom is 0.338 e. The fourth-order valence-electron chi connectivity index (χ4n) is 3.54. The molecule has 0 spiro atoms. The number of carbonyl (C=O) groups excluding carboxylic acids is 4. The van der Waals surface area contributed by atoms with Crippen LogP contribution >= 0.6 is 0 Å². The van der Waals surface area contributed by atoms with Gasteiger partial charge in [-0.15, -0.1) is 0 Å². The Balaban J connectivity index is 1.51. The molecule has 148 valence electrons. The Morgan fingerprint density at radius 2 is 1.59 bits per heavy atom. The lowest BCUT2D eigenvalue weighted by atomic mass is 9.97. The minimum Gasteiger partial charge on any atom is -0.495 e. The van der Waals surface area contributed by atoms with E-state index in [2.05, 4.69) is 0 Å². The van der Waals surface area contributed by atoms with E-state index in [0.29, 0.717) is 16.5 Å². The van der Waals surface area contributed by atoms with Crippen LogP contribution in [0.25, 0.3) is 0 Å². The van der Waals surface area contributed by atoms with Crippen molar-refractivity contribution >= 4 is 29.4 Å². The van der Waals surface area contributed by atoms with Gasteiger partial charge in [0.1, 0.15) is 5.75 Å². The van der Waals surface area contributed by atoms with Crippen molar-refractivity contribution in [2.75, 3.05) is 18.6 Å². The number of para-hydroxylation sites is 2. The average Bonchev–Trinajstić information content (AvgIpc) is 2.99. The molecule has 0 aromatic heterocycles. The van der Waals surface area contributed by atoms with E-state index >= 15 is 0 Å². The summed E-state index contributed by atoms with van der Waals surface area (Å²) in [6.45, 7) is 0.0706. The Kier molecular flexibility index (Phi) is 4.75. The molecule has 0 N–H and O–H groups in total. The topological polar surface area (TPSA) is 93.2 Å². The Morgan fingerprint density at radius 3 is 2.24 bits per heavy atom. The highest BCUT2D eigenvalue weighted by atomic mass is 16.7. The lowest BCUT2D eigenvalue weighted by Gasteiger charge is -2.32. The van der Waals surface area contributed by atoms with Gasteiger partial charge in [0, 0.05) is 13.0 Å². The van der Waals surface area contributed by atoms with E-state index in [0.717, 1.165) is 0 Å². The summed E-state index contributed by atoms with van der Waals surface area (Å²) in [5, 5.41) is 0.497. The zero-order valence-corrected chi connectivity index (χ0v) is 15.7. The van der Waals surface area contributed by atoms with Crippen molar-refractivity contribution in [3.63, 3.8) is 0 Å². The molecule has 2 aromatic rings.